The Bertz CT molecular complexity index is 924. The second-order valence-corrected chi connectivity index (χ2v) is 6.12. The minimum atomic E-state index is 0.679. The van der Waals surface area contributed by atoms with Crippen molar-refractivity contribution in [1.82, 2.24) is 9.55 Å². The van der Waals surface area contributed by atoms with Crippen molar-refractivity contribution in [3.05, 3.63) is 66.2 Å². The molecule has 0 aliphatic carbocycles. The number of rotatable bonds is 4. The van der Waals surface area contributed by atoms with Gasteiger partial charge in [-0.1, -0.05) is 0 Å². The molecule has 0 N–H and O–H groups in total. The van der Waals surface area contributed by atoms with Gasteiger partial charge in [0.2, 0.25) is 0 Å². The van der Waals surface area contributed by atoms with Crippen LogP contribution >= 0.6 is 11.3 Å². The average molecular weight is 320 g/mol. The number of benzene rings is 1. The smallest absolute Gasteiger partial charge is 0.145 e. The molecule has 0 saturated heterocycles. The highest BCUT2D eigenvalue weighted by Crippen LogP contribution is 2.32. The topological polar surface area (TPSA) is 27.1 Å². The summed E-state index contributed by atoms with van der Waals surface area (Å²) in [6.07, 6.45) is 1.84. The molecule has 0 amide bonds. The summed E-state index contributed by atoms with van der Waals surface area (Å²) in [4.78, 5) is 4.58. The van der Waals surface area contributed by atoms with Gasteiger partial charge in [0.1, 0.15) is 16.4 Å². The minimum absolute atomic E-state index is 0.679. The van der Waals surface area contributed by atoms with Crippen LogP contribution in [0.1, 0.15) is 6.92 Å². The second-order valence-electron chi connectivity index (χ2n) is 5.19. The van der Waals surface area contributed by atoms with E-state index < -0.39 is 0 Å². The summed E-state index contributed by atoms with van der Waals surface area (Å²) < 4.78 is 7.76. The Morgan fingerprint density at radius 2 is 1.96 bits per heavy atom. The maximum Gasteiger partial charge on any atom is 0.145 e. The molecule has 0 radical (unpaired) electrons. The number of ether oxygens (including phenoxy) is 1. The van der Waals surface area contributed by atoms with Crippen molar-refractivity contribution in [3.63, 3.8) is 0 Å². The molecule has 0 saturated carbocycles. The van der Waals surface area contributed by atoms with E-state index in [2.05, 4.69) is 51.3 Å². The summed E-state index contributed by atoms with van der Waals surface area (Å²) in [5.41, 5.74) is 3.28. The van der Waals surface area contributed by atoms with E-state index in [-0.39, 0.29) is 0 Å². The number of thiophene rings is 1. The molecule has 0 bridgehead atoms. The van der Waals surface area contributed by atoms with Crippen molar-refractivity contribution >= 4 is 22.4 Å². The number of hydrogen-bond acceptors (Lipinski definition) is 3. The number of aromatic nitrogens is 2. The van der Waals surface area contributed by atoms with Crippen LogP contribution < -0.4 is 4.74 Å². The molecule has 0 fully saturated rings. The summed E-state index contributed by atoms with van der Waals surface area (Å²) in [6.45, 7) is 2.67. The lowest BCUT2D eigenvalue weighted by atomic mass is 10.1. The van der Waals surface area contributed by atoms with Gasteiger partial charge in [-0.3, -0.25) is 4.57 Å². The standard InChI is InChI=1S/C19H16N2OS/c1-2-22-16-9-7-14(8-10-16)17-13-15-5-3-11-20-19(15)21(17)18-6-4-12-23-18/h3-13H,2H2,1H3. The maximum absolute atomic E-state index is 5.54. The highest BCUT2D eigenvalue weighted by molar-refractivity contribution is 7.12. The molecule has 3 nitrogen and oxygen atoms in total. The zero-order chi connectivity index (χ0) is 15.6. The first kappa shape index (κ1) is 14.0. The van der Waals surface area contributed by atoms with Gasteiger partial charge >= 0.3 is 0 Å². The first-order valence-corrected chi connectivity index (χ1v) is 8.48. The molecule has 23 heavy (non-hydrogen) atoms. The molecule has 0 spiro atoms. The highest BCUT2D eigenvalue weighted by Gasteiger charge is 2.13. The monoisotopic (exact) mass is 320 g/mol. The largest absolute Gasteiger partial charge is 0.494 e. The molecule has 0 aliphatic heterocycles. The fourth-order valence-electron chi connectivity index (χ4n) is 2.76. The van der Waals surface area contributed by atoms with Crippen LogP contribution in [0.3, 0.4) is 0 Å². The quantitative estimate of drug-likeness (QED) is 0.520. The number of pyridine rings is 1. The summed E-state index contributed by atoms with van der Waals surface area (Å²) in [6, 6.07) is 18.7. The Morgan fingerprint density at radius 1 is 1.09 bits per heavy atom. The summed E-state index contributed by atoms with van der Waals surface area (Å²) in [7, 11) is 0. The summed E-state index contributed by atoms with van der Waals surface area (Å²) in [5, 5.41) is 4.40. The minimum Gasteiger partial charge on any atom is -0.494 e. The van der Waals surface area contributed by atoms with Crippen LogP contribution in [0.4, 0.5) is 0 Å². The van der Waals surface area contributed by atoms with Crippen molar-refractivity contribution in [3.8, 4) is 22.0 Å². The third-order valence-corrected chi connectivity index (χ3v) is 4.60. The second kappa shape index (κ2) is 5.89. The zero-order valence-electron chi connectivity index (χ0n) is 12.8. The average Bonchev–Trinajstić information content (AvgIpc) is 3.22. The van der Waals surface area contributed by atoms with Crippen molar-refractivity contribution < 1.29 is 4.74 Å². The van der Waals surface area contributed by atoms with Gasteiger partial charge < -0.3 is 4.74 Å². The van der Waals surface area contributed by atoms with Gasteiger partial charge in [0.15, 0.2) is 0 Å². The molecule has 0 unspecified atom stereocenters. The summed E-state index contributed by atoms with van der Waals surface area (Å²) in [5.74, 6) is 0.896. The van der Waals surface area contributed by atoms with E-state index in [1.165, 1.54) is 5.00 Å². The van der Waals surface area contributed by atoms with Crippen LogP contribution in [0, 0.1) is 0 Å². The summed E-state index contributed by atoms with van der Waals surface area (Å²) >= 11 is 1.71. The highest BCUT2D eigenvalue weighted by atomic mass is 32.1. The molecular weight excluding hydrogens is 304 g/mol. The number of nitrogens with zero attached hydrogens (tertiary/aromatic N) is 2. The molecule has 4 aromatic rings. The van der Waals surface area contributed by atoms with E-state index in [1.54, 1.807) is 11.3 Å². The van der Waals surface area contributed by atoms with Gasteiger partial charge in [-0.25, -0.2) is 4.98 Å². The number of fused-ring (bicyclic) bond motifs is 1. The molecule has 114 valence electrons. The molecule has 3 heterocycles. The van der Waals surface area contributed by atoms with Gasteiger partial charge in [0.05, 0.1) is 12.3 Å². The zero-order valence-corrected chi connectivity index (χ0v) is 13.6. The Hall–Kier alpha value is -2.59. The van der Waals surface area contributed by atoms with Gasteiger partial charge in [0, 0.05) is 11.6 Å². The molecular formula is C19H16N2OS. The SMILES string of the molecule is CCOc1ccc(-c2cc3cccnc3n2-c2cccs2)cc1. The van der Waals surface area contributed by atoms with Gasteiger partial charge in [-0.2, -0.15) is 0 Å². The first-order valence-electron chi connectivity index (χ1n) is 7.60. The molecule has 4 rings (SSSR count). The van der Waals surface area contributed by atoms with Gasteiger partial charge in [0.25, 0.3) is 0 Å². The van der Waals surface area contributed by atoms with E-state index in [0.717, 1.165) is 28.0 Å². The normalized spacial score (nSPS) is 11.0. The fraction of sp³-hybridized carbons (Fsp3) is 0.105. The predicted octanol–water partition coefficient (Wildman–Crippen LogP) is 5.15. The van der Waals surface area contributed by atoms with Crippen LogP contribution in [0.5, 0.6) is 5.75 Å². The van der Waals surface area contributed by atoms with Crippen LogP contribution in [0.25, 0.3) is 27.3 Å². The van der Waals surface area contributed by atoms with Crippen LogP contribution in [-0.2, 0) is 0 Å². The van der Waals surface area contributed by atoms with Crippen molar-refractivity contribution in [2.45, 2.75) is 6.92 Å². The van der Waals surface area contributed by atoms with E-state index >= 15 is 0 Å². The Morgan fingerprint density at radius 3 is 2.70 bits per heavy atom. The lowest BCUT2D eigenvalue weighted by Gasteiger charge is -2.09. The molecule has 3 aromatic heterocycles. The van der Waals surface area contributed by atoms with E-state index in [0.29, 0.717) is 6.61 Å². The van der Waals surface area contributed by atoms with Crippen LogP contribution in [0.2, 0.25) is 0 Å². The van der Waals surface area contributed by atoms with Gasteiger partial charge in [-0.05, 0) is 72.5 Å². The van der Waals surface area contributed by atoms with E-state index in [9.17, 15) is 0 Å². The van der Waals surface area contributed by atoms with E-state index in [4.69, 9.17) is 4.74 Å². The third-order valence-electron chi connectivity index (χ3n) is 3.75. The fourth-order valence-corrected chi connectivity index (χ4v) is 3.50. The third kappa shape index (κ3) is 2.51. The lowest BCUT2D eigenvalue weighted by molar-refractivity contribution is 0.340. The first-order chi connectivity index (χ1) is 11.4. The van der Waals surface area contributed by atoms with Crippen molar-refractivity contribution in [2.24, 2.45) is 0 Å². The van der Waals surface area contributed by atoms with E-state index in [1.807, 2.05) is 31.3 Å². The molecule has 0 atom stereocenters. The van der Waals surface area contributed by atoms with Crippen LogP contribution in [-0.4, -0.2) is 16.2 Å². The lowest BCUT2D eigenvalue weighted by Crippen LogP contribution is -1.96. The molecule has 4 heteroatoms. The van der Waals surface area contributed by atoms with Gasteiger partial charge in [-0.15, -0.1) is 11.3 Å². The Labute approximate surface area is 138 Å². The molecule has 0 aliphatic rings. The van der Waals surface area contributed by atoms with Crippen molar-refractivity contribution in [1.29, 1.82) is 0 Å². The number of hydrogen-bond donors (Lipinski definition) is 0. The maximum atomic E-state index is 5.54. The Balaban J connectivity index is 1.91. The Kier molecular flexibility index (Phi) is 3.60. The van der Waals surface area contributed by atoms with Crippen molar-refractivity contribution in [2.75, 3.05) is 6.61 Å². The molecule has 1 aromatic carbocycles. The predicted molar refractivity (Wildman–Crippen MR) is 95.6 cm³/mol. The van der Waals surface area contributed by atoms with Crippen LogP contribution in [0.15, 0.2) is 66.2 Å².